The fraction of sp³-hybridized carbons (Fsp3) is 0.692. The van der Waals surface area contributed by atoms with Crippen molar-refractivity contribution in [1.29, 1.82) is 0 Å². The quantitative estimate of drug-likeness (QED) is 0.716. The van der Waals surface area contributed by atoms with Crippen molar-refractivity contribution in [2.75, 3.05) is 13.1 Å². The Labute approximate surface area is 182 Å². The van der Waals surface area contributed by atoms with Gasteiger partial charge < -0.3 is 9.80 Å². The van der Waals surface area contributed by atoms with E-state index in [4.69, 9.17) is 0 Å². The van der Waals surface area contributed by atoms with Gasteiger partial charge in [0.05, 0.1) is 0 Å². The highest BCUT2D eigenvalue weighted by Crippen LogP contribution is 2.38. The number of carbonyl (C=O) groups excluding carboxylic acids is 2. The fourth-order valence-corrected chi connectivity index (χ4v) is 5.88. The van der Waals surface area contributed by atoms with Gasteiger partial charge >= 0.3 is 0 Å². The molecule has 0 spiro atoms. The molecule has 4 rings (SSSR count). The number of hydrogen-bond acceptors (Lipinski definition) is 2. The molecular weight excluding hydrogens is 372 g/mol. The lowest BCUT2D eigenvalue weighted by molar-refractivity contribution is -0.143. The summed E-state index contributed by atoms with van der Waals surface area (Å²) in [4.78, 5) is 29.9. The zero-order chi connectivity index (χ0) is 21.5. The summed E-state index contributed by atoms with van der Waals surface area (Å²) in [6, 6.07) is 6.54. The van der Waals surface area contributed by atoms with Crippen LogP contribution in [0.2, 0.25) is 0 Å². The van der Waals surface area contributed by atoms with E-state index in [0.717, 1.165) is 31.3 Å². The van der Waals surface area contributed by atoms with Crippen LogP contribution in [-0.2, 0) is 29.1 Å². The maximum absolute atomic E-state index is 13.4. The highest BCUT2D eigenvalue weighted by molar-refractivity contribution is 5.82. The van der Waals surface area contributed by atoms with Crippen LogP contribution in [0, 0.1) is 23.2 Å². The highest BCUT2D eigenvalue weighted by Gasteiger charge is 2.38. The predicted octanol–water partition coefficient (Wildman–Crippen LogP) is 4.79. The number of nitrogens with zero attached hydrogens (tertiary/aromatic N) is 2. The Morgan fingerprint density at radius 3 is 2.43 bits per heavy atom. The molecule has 0 unspecified atom stereocenters. The average Bonchev–Trinajstić information content (AvgIpc) is 3.15. The van der Waals surface area contributed by atoms with Gasteiger partial charge in [0, 0.05) is 37.5 Å². The molecule has 2 fully saturated rings. The van der Waals surface area contributed by atoms with E-state index in [1.165, 1.54) is 48.8 Å². The predicted molar refractivity (Wildman–Crippen MR) is 120 cm³/mol. The number of likely N-dealkylation sites (tertiary alicyclic amines) is 1. The molecule has 0 N–H and O–H groups in total. The van der Waals surface area contributed by atoms with Crippen LogP contribution in [0.25, 0.3) is 0 Å². The van der Waals surface area contributed by atoms with E-state index in [1.807, 2.05) is 18.7 Å². The number of piperidine rings is 1. The highest BCUT2D eigenvalue weighted by atomic mass is 16.2. The van der Waals surface area contributed by atoms with Gasteiger partial charge in [0.2, 0.25) is 11.8 Å². The Bertz CT molecular complexity index is 813. The molecule has 4 heteroatoms. The van der Waals surface area contributed by atoms with Crippen LogP contribution in [0.4, 0.5) is 0 Å². The third kappa shape index (κ3) is 4.29. The smallest absolute Gasteiger partial charge is 0.228 e. The van der Waals surface area contributed by atoms with Crippen LogP contribution in [0.5, 0.6) is 0 Å². The molecule has 30 heavy (non-hydrogen) atoms. The normalized spacial score (nSPS) is 24.0. The van der Waals surface area contributed by atoms with Gasteiger partial charge in [-0.25, -0.2) is 0 Å². The van der Waals surface area contributed by atoms with Crippen molar-refractivity contribution >= 4 is 11.8 Å². The minimum atomic E-state index is -0.401. The standard InChI is InChI=1S/C26H38N2O2/c1-18(2)24(29)28-16-22-10-9-19(13-23(22)17-28)14-26(3,4)25(30)27-12-11-20-7-5-6-8-21(20)15-27/h9-10,13,18,20-21H,5-8,11-12,14-17H2,1-4H3/t20-,21-/m0/s1. The van der Waals surface area contributed by atoms with Crippen LogP contribution in [-0.4, -0.2) is 34.7 Å². The molecule has 164 valence electrons. The van der Waals surface area contributed by atoms with Gasteiger partial charge in [-0.1, -0.05) is 65.2 Å². The van der Waals surface area contributed by atoms with Gasteiger partial charge in [0.25, 0.3) is 0 Å². The van der Waals surface area contributed by atoms with Gasteiger partial charge in [-0.3, -0.25) is 9.59 Å². The van der Waals surface area contributed by atoms with Crippen molar-refractivity contribution in [3.05, 3.63) is 34.9 Å². The minimum absolute atomic E-state index is 0.0312. The second kappa shape index (κ2) is 8.36. The molecule has 1 aromatic rings. The van der Waals surface area contributed by atoms with E-state index in [2.05, 4.69) is 36.9 Å². The molecule has 1 aliphatic carbocycles. The number of amides is 2. The van der Waals surface area contributed by atoms with Gasteiger partial charge in [-0.2, -0.15) is 0 Å². The van der Waals surface area contributed by atoms with Gasteiger partial charge in [0.15, 0.2) is 0 Å². The molecule has 0 bridgehead atoms. The largest absolute Gasteiger partial charge is 0.342 e. The number of hydrogen-bond donors (Lipinski definition) is 0. The van der Waals surface area contributed by atoms with Crippen molar-refractivity contribution < 1.29 is 9.59 Å². The summed E-state index contributed by atoms with van der Waals surface area (Å²) in [6.45, 7) is 11.4. The summed E-state index contributed by atoms with van der Waals surface area (Å²) in [6.07, 6.45) is 7.30. The van der Waals surface area contributed by atoms with E-state index < -0.39 is 5.41 Å². The second-order valence-electron chi connectivity index (χ2n) is 10.9. The molecule has 4 nitrogen and oxygen atoms in total. The molecule has 2 aliphatic heterocycles. The van der Waals surface area contributed by atoms with Crippen molar-refractivity contribution in [2.24, 2.45) is 23.2 Å². The Hall–Kier alpha value is -1.84. The van der Waals surface area contributed by atoms with Crippen molar-refractivity contribution in [2.45, 2.75) is 79.3 Å². The van der Waals surface area contributed by atoms with Gasteiger partial charge in [0.1, 0.15) is 0 Å². The molecule has 2 amide bonds. The molecule has 0 radical (unpaired) electrons. The molecule has 2 heterocycles. The zero-order valence-corrected chi connectivity index (χ0v) is 19.2. The van der Waals surface area contributed by atoms with Crippen LogP contribution in [0.1, 0.15) is 76.5 Å². The van der Waals surface area contributed by atoms with Crippen molar-refractivity contribution in [3.63, 3.8) is 0 Å². The summed E-state index contributed by atoms with van der Waals surface area (Å²) >= 11 is 0. The lowest BCUT2D eigenvalue weighted by atomic mass is 9.74. The van der Waals surface area contributed by atoms with Crippen LogP contribution < -0.4 is 0 Å². The first kappa shape index (κ1) is 21.4. The number of fused-ring (bicyclic) bond motifs is 2. The summed E-state index contributed by atoms with van der Waals surface area (Å²) in [5.74, 6) is 2.12. The maximum atomic E-state index is 13.4. The first-order valence-corrected chi connectivity index (χ1v) is 11.9. The first-order chi connectivity index (χ1) is 14.2. The monoisotopic (exact) mass is 410 g/mol. The minimum Gasteiger partial charge on any atom is -0.342 e. The molecule has 0 aromatic heterocycles. The fourth-order valence-electron chi connectivity index (χ4n) is 5.88. The van der Waals surface area contributed by atoms with Gasteiger partial charge in [-0.05, 0) is 47.8 Å². The maximum Gasteiger partial charge on any atom is 0.228 e. The second-order valence-corrected chi connectivity index (χ2v) is 10.9. The molecule has 1 saturated heterocycles. The third-order valence-electron chi connectivity index (χ3n) is 7.60. The van der Waals surface area contributed by atoms with Crippen LogP contribution in [0.15, 0.2) is 18.2 Å². The lowest BCUT2D eigenvalue weighted by Gasteiger charge is -2.43. The molecule has 3 aliphatic rings. The summed E-state index contributed by atoms with van der Waals surface area (Å²) in [5, 5.41) is 0. The number of carbonyl (C=O) groups is 2. The molecular formula is C26H38N2O2. The Morgan fingerprint density at radius 1 is 1.00 bits per heavy atom. The van der Waals surface area contributed by atoms with Crippen molar-refractivity contribution in [3.8, 4) is 0 Å². The van der Waals surface area contributed by atoms with Crippen LogP contribution in [0.3, 0.4) is 0 Å². The average molecular weight is 411 g/mol. The zero-order valence-electron chi connectivity index (χ0n) is 19.2. The topological polar surface area (TPSA) is 40.6 Å². The third-order valence-corrected chi connectivity index (χ3v) is 7.60. The summed E-state index contributed by atoms with van der Waals surface area (Å²) in [7, 11) is 0. The van der Waals surface area contributed by atoms with E-state index in [1.54, 1.807) is 0 Å². The van der Waals surface area contributed by atoms with Crippen LogP contribution >= 0.6 is 0 Å². The van der Waals surface area contributed by atoms with Gasteiger partial charge in [-0.15, -0.1) is 0 Å². The molecule has 1 aromatic carbocycles. The molecule has 2 atom stereocenters. The number of benzene rings is 1. The SMILES string of the molecule is CC(C)C(=O)N1Cc2ccc(CC(C)(C)C(=O)N3CC[C@@H]4CCCC[C@H]4C3)cc2C1. The van der Waals surface area contributed by atoms with E-state index >= 15 is 0 Å². The summed E-state index contributed by atoms with van der Waals surface area (Å²) < 4.78 is 0. The Morgan fingerprint density at radius 2 is 1.70 bits per heavy atom. The first-order valence-electron chi connectivity index (χ1n) is 11.9. The number of rotatable bonds is 4. The Balaban J connectivity index is 1.41. The Kier molecular flexibility index (Phi) is 5.96. The van der Waals surface area contributed by atoms with Crippen molar-refractivity contribution in [1.82, 2.24) is 9.80 Å². The van der Waals surface area contributed by atoms with E-state index in [9.17, 15) is 9.59 Å². The molecule has 1 saturated carbocycles. The summed E-state index contributed by atoms with van der Waals surface area (Å²) in [5.41, 5.74) is 3.30. The van der Waals surface area contributed by atoms with E-state index in [0.29, 0.717) is 19.0 Å². The van der Waals surface area contributed by atoms with E-state index in [-0.39, 0.29) is 11.8 Å². The lowest BCUT2D eigenvalue weighted by Crippen LogP contribution is -2.49.